The van der Waals surface area contributed by atoms with Gasteiger partial charge in [0.25, 0.3) is 0 Å². The van der Waals surface area contributed by atoms with Gasteiger partial charge in [0.15, 0.2) is 0 Å². The SMILES string of the molecule is CCn1c(C2CCCNC2)nn(CCOc2ccc(C)cc2C)c1=O.Cl.Cl. The zero-order valence-corrected chi connectivity index (χ0v) is 17.9. The molecule has 2 heterocycles. The van der Waals surface area contributed by atoms with Crippen LogP contribution in [0.4, 0.5) is 0 Å². The van der Waals surface area contributed by atoms with Crippen LogP contribution in [0, 0.1) is 13.8 Å². The van der Waals surface area contributed by atoms with E-state index in [-0.39, 0.29) is 30.5 Å². The van der Waals surface area contributed by atoms with Crippen molar-refractivity contribution in [2.45, 2.75) is 52.6 Å². The van der Waals surface area contributed by atoms with Crippen molar-refractivity contribution in [3.8, 4) is 5.75 Å². The minimum atomic E-state index is -0.0349. The van der Waals surface area contributed by atoms with Gasteiger partial charge in [0.05, 0.1) is 6.54 Å². The van der Waals surface area contributed by atoms with Crippen molar-refractivity contribution in [1.29, 1.82) is 0 Å². The van der Waals surface area contributed by atoms with Gasteiger partial charge in [0.2, 0.25) is 0 Å². The summed E-state index contributed by atoms with van der Waals surface area (Å²) in [5.74, 6) is 2.10. The molecule has 1 aromatic heterocycles. The second-order valence-corrected chi connectivity index (χ2v) is 6.77. The van der Waals surface area contributed by atoms with E-state index in [4.69, 9.17) is 4.74 Å². The van der Waals surface area contributed by atoms with Gasteiger partial charge < -0.3 is 10.1 Å². The van der Waals surface area contributed by atoms with Gasteiger partial charge in [-0.3, -0.25) is 4.57 Å². The highest BCUT2D eigenvalue weighted by molar-refractivity contribution is 5.85. The number of aromatic nitrogens is 3. The molecule has 0 amide bonds. The molecule has 1 saturated heterocycles. The van der Waals surface area contributed by atoms with Crippen LogP contribution in [0.15, 0.2) is 23.0 Å². The van der Waals surface area contributed by atoms with E-state index >= 15 is 0 Å². The average Bonchev–Trinajstić information content (AvgIpc) is 2.93. The summed E-state index contributed by atoms with van der Waals surface area (Å²) in [5, 5.41) is 8.02. The molecule has 1 N–H and O–H groups in total. The molecule has 0 spiro atoms. The quantitative estimate of drug-likeness (QED) is 0.785. The van der Waals surface area contributed by atoms with Gasteiger partial charge in [0, 0.05) is 19.0 Å². The normalized spacial score (nSPS) is 16.3. The summed E-state index contributed by atoms with van der Waals surface area (Å²) in [5.41, 5.74) is 2.29. The maximum Gasteiger partial charge on any atom is 0.346 e. The van der Waals surface area contributed by atoms with Crippen molar-refractivity contribution in [3.63, 3.8) is 0 Å². The lowest BCUT2D eigenvalue weighted by atomic mass is 9.99. The highest BCUT2D eigenvalue weighted by Gasteiger charge is 2.23. The van der Waals surface area contributed by atoms with E-state index in [9.17, 15) is 4.79 Å². The van der Waals surface area contributed by atoms with Crippen molar-refractivity contribution in [2.24, 2.45) is 0 Å². The number of nitrogens with zero attached hydrogens (tertiary/aromatic N) is 3. The van der Waals surface area contributed by atoms with E-state index in [0.717, 1.165) is 43.1 Å². The molecule has 152 valence electrons. The number of rotatable bonds is 6. The molecule has 0 saturated carbocycles. The average molecular weight is 417 g/mol. The number of halogens is 2. The zero-order valence-electron chi connectivity index (χ0n) is 16.2. The third-order valence-corrected chi connectivity index (χ3v) is 4.82. The number of benzene rings is 1. The largest absolute Gasteiger partial charge is 0.491 e. The van der Waals surface area contributed by atoms with Crippen molar-refractivity contribution in [2.75, 3.05) is 19.7 Å². The van der Waals surface area contributed by atoms with Crippen LogP contribution in [-0.4, -0.2) is 34.0 Å². The Morgan fingerprint density at radius 1 is 1.30 bits per heavy atom. The number of nitrogens with one attached hydrogen (secondary N) is 1. The number of piperidine rings is 1. The van der Waals surface area contributed by atoms with Crippen molar-refractivity contribution in [3.05, 3.63) is 45.6 Å². The van der Waals surface area contributed by atoms with Gasteiger partial charge in [-0.25, -0.2) is 9.48 Å². The molecule has 6 nitrogen and oxygen atoms in total. The Balaban J connectivity index is 0.00000182. The van der Waals surface area contributed by atoms with E-state index in [2.05, 4.69) is 23.4 Å². The lowest BCUT2D eigenvalue weighted by Crippen LogP contribution is -2.31. The van der Waals surface area contributed by atoms with E-state index < -0.39 is 0 Å². The summed E-state index contributed by atoms with van der Waals surface area (Å²) in [6.45, 7) is 9.61. The van der Waals surface area contributed by atoms with Gasteiger partial charge in [-0.15, -0.1) is 24.8 Å². The fourth-order valence-electron chi connectivity index (χ4n) is 3.48. The summed E-state index contributed by atoms with van der Waals surface area (Å²) in [6, 6.07) is 6.12. The molecule has 0 bridgehead atoms. The van der Waals surface area contributed by atoms with Crippen molar-refractivity contribution >= 4 is 24.8 Å². The minimum Gasteiger partial charge on any atom is -0.491 e. The topological polar surface area (TPSA) is 61.1 Å². The van der Waals surface area contributed by atoms with Crippen LogP contribution in [0.1, 0.15) is 42.6 Å². The van der Waals surface area contributed by atoms with Gasteiger partial charge in [-0.2, -0.15) is 5.10 Å². The summed E-state index contributed by atoms with van der Waals surface area (Å²) in [7, 11) is 0. The standard InChI is InChI=1S/C19H28N4O2.2ClH/c1-4-22-18(16-6-5-9-20-13-16)21-23(19(22)24)10-11-25-17-8-7-14(2)12-15(17)3;;/h7-8,12,16,20H,4-6,9-11,13H2,1-3H3;2*1H. The Labute approximate surface area is 173 Å². The molecular formula is C19H30Cl2N4O2. The van der Waals surface area contributed by atoms with Crippen LogP contribution < -0.4 is 15.7 Å². The van der Waals surface area contributed by atoms with Crippen molar-refractivity contribution < 1.29 is 4.74 Å². The number of aryl methyl sites for hydroxylation is 2. The minimum absolute atomic E-state index is 0. The Kier molecular flexibility index (Phi) is 9.36. The first-order valence-electron chi connectivity index (χ1n) is 9.18. The first kappa shape index (κ1) is 23.5. The fourth-order valence-corrected chi connectivity index (χ4v) is 3.48. The van der Waals surface area contributed by atoms with Crippen LogP contribution in [0.2, 0.25) is 0 Å². The number of hydrogen-bond acceptors (Lipinski definition) is 4. The summed E-state index contributed by atoms with van der Waals surface area (Å²) < 4.78 is 9.21. The second kappa shape index (κ2) is 10.7. The second-order valence-electron chi connectivity index (χ2n) is 6.77. The van der Waals surface area contributed by atoms with E-state index in [1.807, 2.05) is 26.0 Å². The van der Waals surface area contributed by atoms with Gasteiger partial charge >= 0.3 is 5.69 Å². The number of ether oxygens (including phenoxy) is 1. The molecule has 1 atom stereocenters. The van der Waals surface area contributed by atoms with E-state index in [0.29, 0.717) is 25.6 Å². The molecule has 8 heteroatoms. The maximum absolute atomic E-state index is 12.6. The molecule has 1 fully saturated rings. The van der Waals surface area contributed by atoms with Crippen molar-refractivity contribution in [1.82, 2.24) is 19.7 Å². The molecular weight excluding hydrogens is 387 g/mol. The molecule has 1 aliphatic heterocycles. The van der Waals surface area contributed by atoms with Gasteiger partial charge in [-0.05, 0) is 51.8 Å². The molecule has 1 aliphatic rings. The third-order valence-electron chi connectivity index (χ3n) is 4.82. The Morgan fingerprint density at radius 2 is 2.07 bits per heavy atom. The smallest absolute Gasteiger partial charge is 0.346 e. The fraction of sp³-hybridized carbons (Fsp3) is 0.579. The summed E-state index contributed by atoms with van der Waals surface area (Å²) >= 11 is 0. The van der Waals surface area contributed by atoms with Crippen LogP contribution >= 0.6 is 24.8 Å². The monoisotopic (exact) mass is 416 g/mol. The Morgan fingerprint density at radius 3 is 2.70 bits per heavy atom. The molecule has 27 heavy (non-hydrogen) atoms. The van der Waals surface area contributed by atoms with Crippen LogP contribution in [0.5, 0.6) is 5.75 Å². The molecule has 1 unspecified atom stereocenters. The highest BCUT2D eigenvalue weighted by atomic mass is 35.5. The van der Waals surface area contributed by atoms with Gasteiger partial charge in [0.1, 0.15) is 18.2 Å². The first-order chi connectivity index (χ1) is 12.1. The molecule has 3 rings (SSSR count). The predicted octanol–water partition coefficient (Wildman–Crippen LogP) is 3.07. The number of hydrogen-bond donors (Lipinski definition) is 1. The van der Waals surface area contributed by atoms with Crippen LogP contribution in [0.3, 0.4) is 0 Å². The summed E-state index contributed by atoms with van der Waals surface area (Å²) in [4.78, 5) is 12.6. The zero-order chi connectivity index (χ0) is 17.8. The predicted molar refractivity (Wildman–Crippen MR) is 113 cm³/mol. The Bertz CT molecular complexity index is 783. The Hall–Kier alpha value is -1.50. The molecule has 1 aromatic carbocycles. The third kappa shape index (κ3) is 5.50. The molecule has 2 aromatic rings. The van der Waals surface area contributed by atoms with E-state index in [1.54, 1.807) is 9.25 Å². The lowest BCUT2D eigenvalue weighted by molar-refractivity contribution is 0.286. The molecule has 0 aliphatic carbocycles. The summed E-state index contributed by atoms with van der Waals surface area (Å²) in [6.07, 6.45) is 2.22. The molecule has 0 radical (unpaired) electrons. The van der Waals surface area contributed by atoms with E-state index in [1.165, 1.54) is 5.56 Å². The maximum atomic E-state index is 12.6. The first-order valence-corrected chi connectivity index (χ1v) is 9.18. The lowest BCUT2D eigenvalue weighted by Gasteiger charge is -2.21. The highest BCUT2D eigenvalue weighted by Crippen LogP contribution is 2.21. The van der Waals surface area contributed by atoms with Crippen LogP contribution in [-0.2, 0) is 13.1 Å². The van der Waals surface area contributed by atoms with Crippen LogP contribution in [0.25, 0.3) is 0 Å². The van der Waals surface area contributed by atoms with Gasteiger partial charge in [-0.1, -0.05) is 17.7 Å².